The van der Waals surface area contributed by atoms with Gasteiger partial charge in [0.25, 0.3) is 10.0 Å². The van der Waals surface area contributed by atoms with Crippen molar-refractivity contribution in [1.82, 2.24) is 0 Å². The zero-order chi connectivity index (χ0) is 24.1. The van der Waals surface area contributed by atoms with Gasteiger partial charge in [0.05, 0.1) is 23.4 Å². The number of aryl methyl sites for hydroxylation is 1. The third kappa shape index (κ3) is 4.11. The zero-order valence-electron chi connectivity index (χ0n) is 17.1. The van der Waals surface area contributed by atoms with E-state index in [1.807, 2.05) is 4.72 Å². The Labute approximate surface area is 191 Å². The van der Waals surface area contributed by atoms with E-state index in [-0.39, 0.29) is 33.0 Å². The van der Waals surface area contributed by atoms with Gasteiger partial charge in [0.15, 0.2) is 5.75 Å². The molecule has 0 atom stereocenters. The number of carbonyl (C=O) groups is 1. The second-order valence-electron chi connectivity index (χ2n) is 7.23. The van der Waals surface area contributed by atoms with Crippen molar-refractivity contribution in [2.45, 2.75) is 18.4 Å². The van der Waals surface area contributed by atoms with Gasteiger partial charge < -0.3 is 9.47 Å². The first-order valence-electron chi connectivity index (χ1n) is 9.37. The van der Waals surface area contributed by atoms with Crippen molar-refractivity contribution in [1.29, 1.82) is 0 Å². The first-order valence-corrected chi connectivity index (χ1v) is 11.2. The van der Waals surface area contributed by atoms with Crippen LogP contribution < -0.4 is 9.46 Å². The van der Waals surface area contributed by atoms with E-state index >= 15 is 0 Å². The predicted molar refractivity (Wildman–Crippen MR) is 114 cm³/mol. The van der Waals surface area contributed by atoms with Crippen LogP contribution in [0.5, 0.6) is 5.75 Å². The minimum absolute atomic E-state index is 0.0279. The summed E-state index contributed by atoms with van der Waals surface area (Å²) in [6.45, 7) is 1.13. The fourth-order valence-electron chi connectivity index (χ4n) is 3.54. The van der Waals surface area contributed by atoms with Crippen LogP contribution in [0.1, 0.15) is 21.5 Å². The van der Waals surface area contributed by atoms with E-state index in [1.165, 1.54) is 6.92 Å². The Hall–Kier alpha value is -3.24. The number of benzene rings is 3. The third-order valence-corrected chi connectivity index (χ3v) is 6.77. The molecule has 33 heavy (non-hydrogen) atoms. The molecule has 1 N–H and O–H groups in total. The number of sulfonamides is 1. The Morgan fingerprint density at radius 3 is 2.45 bits per heavy atom. The summed E-state index contributed by atoms with van der Waals surface area (Å²) in [6, 6.07) is 5.65. The van der Waals surface area contributed by atoms with Crippen molar-refractivity contribution in [2.24, 2.45) is 0 Å². The molecule has 1 heterocycles. The van der Waals surface area contributed by atoms with Gasteiger partial charge in [-0.05, 0) is 48.4 Å². The predicted octanol–water partition coefficient (Wildman–Crippen LogP) is 5.21. The number of hydrogen-bond donors (Lipinski definition) is 1. The molecule has 3 aromatic carbocycles. The standard InChI is InChI=1S/C22H15ClF3NO5S/c1-10-3-12(24)6-13-14-7-19(18(26)8-17(14)25)27-33(29,30)20-5-11(4-16(23)21(20)31-2)22(28)32-9-15(10)13/h3-8,27H,9H2,1-2H3. The maximum atomic E-state index is 14.8. The van der Waals surface area contributed by atoms with E-state index in [0.29, 0.717) is 11.6 Å². The molecule has 3 aromatic rings. The molecule has 0 fully saturated rings. The monoisotopic (exact) mass is 497 g/mol. The molecule has 0 spiro atoms. The zero-order valence-corrected chi connectivity index (χ0v) is 18.7. The van der Waals surface area contributed by atoms with E-state index in [2.05, 4.69) is 0 Å². The molecular weight excluding hydrogens is 483 g/mol. The van der Waals surface area contributed by atoms with Crippen LogP contribution in [0.15, 0.2) is 41.3 Å². The normalized spacial score (nSPS) is 14.7. The summed E-state index contributed by atoms with van der Waals surface area (Å²) in [5, 5.41) is -0.207. The number of anilines is 1. The smallest absolute Gasteiger partial charge is 0.338 e. The molecular formula is C22H15ClF3NO5S. The van der Waals surface area contributed by atoms with Crippen LogP contribution >= 0.6 is 11.6 Å². The van der Waals surface area contributed by atoms with Crippen molar-refractivity contribution in [3.63, 3.8) is 0 Å². The summed E-state index contributed by atoms with van der Waals surface area (Å²) in [7, 11) is -3.42. The highest BCUT2D eigenvalue weighted by atomic mass is 35.5. The summed E-state index contributed by atoms with van der Waals surface area (Å²) in [6.07, 6.45) is 0. The minimum atomic E-state index is -4.58. The van der Waals surface area contributed by atoms with Gasteiger partial charge in [-0.25, -0.2) is 26.4 Å². The number of fused-ring (bicyclic) bond motifs is 6. The summed E-state index contributed by atoms with van der Waals surface area (Å²) in [5.74, 6) is -4.22. The topological polar surface area (TPSA) is 81.7 Å². The summed E-state index contributed by atoms with van der Waals surface area (Å²) >= 11 is 6.12. The largest absolute Gasteiger partial charge is 0.494 e. The molecule has 11 heteroatoms. The lowest BCUT2D eigenvalue weighted by atomic mass is 9.95. The molecule has 0 aliphatic carbocycles. The molecule has 172 valence electrons. The maximum absolute atomic E-state index is 14.8. The van der Waals surface area contributed by atoms with Crippen LogP contribution in [0.4, 0.5) is 18.9 Å². The van der Waals surface area contributed by atoms with E-state index in [1.54, 1.807) is 0 Å². The molecule has 1 aliphatic heterocycles. The first-order chi connectivity index (χ1) is 15.5. The molecule has 4 bridgehead atoms. The molecule has 0 radical (unpaired) electrons. The number of cyclic esters (lactones) is 1. The first kappa shape index (κ1) is 22.9. The molecule has 0 saturated heterocycles. The molecule has 0 aromatic heterocycles. The van der Waals surface area contributed by atoms with E-state index in [4.69, 9.17) is 21.1 Å². The van der Waals surface area contributed by atoms with Gasteiger partial charge >= 0.3 is 5.97 Å². The van der Waals surface area contributed by atoms with Crippen LogP contribution in [0.2, 0.25) is 5.02 Å². The number of halogens is 4. The van der Waals surface area contributed by atoms with Crippen LogP contribution in [0.25, 0.3) is 11.1 Å². The summed E-state index contributed by atoms with van der Waals surface area (Å²) in [4.78, 5) is 12.1. The highest BCUT2D eigenvalue weighted by Crippen LogP contribution is 2.38. The fraction of sp³-hybridized carbons (Fsp3) is 0.136. The number of hydrogen-bond acceptors (Lipinski definition) is 5. The molecule has 0 amide bonds. The lowest BCUT2D eigenvalue weighted by Gasteiger charge is -2.16. The van der Waals surface area contributed by atoms with Gasteiger partial charge in [0.1, 0.15) is 29.0 Å². The number of nitrogens with one attached hydrogen (secondary N) is 1. The molecule has 0 unspecified atom stereocenters. The Bertz CT molecular complexity index is 1430. The van der Waals surface area contributed by atoms with E-state index in [9.17, 15) is 26.4 Å². The molecule has 6 nitrogen and oxygen atoms in total. The number of methoxy groups -OCH3 is 1. The van der Waals surface area contributed by atoms with Crippen molar-refractivity contribution in [3.05, 3.63) is 75.6 Å². The van der Waals surface area contributed by atoms with Crippen molar-refractivity contribution < 1.29 is 35.9 Å². The maximum Gasteiger partial charge on any atom is 0.338 e. The van der Waals surface area contributed by atoms with Gasteiger partial charge in [0, 0.05) is 17.2 Å². The third-order valence-electron chi connectivity index (χ3n) is 5.12. The SMILES string of the molecule is COc1c(Cl)cc2cc1S(=O)(=O)Nc1cc(c(F)cc1F)-c1cc(F)cc(C)c1COC2=O. The Morgan fingerprint density at radius 2 is 1.76 bits per heavy atom. The number of ether oxygens (including phenoxy) is 2. The summed E-state index contributed by atoms with van der Waals surface area (Å²) < 4.78 is 82.1. The van der Waals surface area contributed by atoms with Crippen LogP contribution in [-0.4, -0.2) is 21.5 Å². The van der Waals surface area contributed by atoms with Gasteiger partial charge in [-0.15, -0.1) is 0 Å². The van der Waals surface area contributed by atoms with Gasteiger partial charge in [-0.2, -0.15) is 0 Å². The number of rotatable bonds is 1. The van der Waals surface area contributed by atoms with Gasteiger partial charge in [-0.1, -0.05) is 11.6 Å². The van der Waals surface area contributed by atoms with Crippen molar-refractivity contribution >= 4 is 33.3 Å². The second-order valence-corrected chi connectivity index (χ2v) is 9.29. The van der Waals surface area contributed by atoms with Crippen LogP contribution in [-0.2, 0) is 21.4 Å². The Balaban J connectivity index is 2.05. The van der Waals surface area contributed by atoms with E-state index in [0.717, 1.165) is 37.4 Å². The Morgan fingerprint density at radius 1 is 1.03 bits per heavy atom. The van der Waals surface area contributed by atoms with Gasteiger partial charge in [-0.3, -0.25) is 4.72 Å². The summed E-state index contributed by atoms with van der Waals surface area (Å²) in [5.41, 5.74) is -0.553. The van der Waals surface area contributed by atoms with Crippen molar-refractivity contribution in [3.8, 4) is 16.9 Å². The quantitative estimate of drug-likeness (QED) is 0.467. The fourth-order valence-corrected chi connectivity index (χ4v) is 5.17. The van der Waals surface area contributed by atoms with E-state index < -0.39 is 50.6 Å². The average Bonchev–Trinajstić information content (AvgIpc) is 2.73. The highest BCUT2D eigenvalue weighted by molar-refractivity contribution is 7.92. The van der Waals surface area contributed by atoms with Crippen molar-refractivity contribution in [2.75, 3.05) is 11.8 Å². The van der Waals surface area contributed by atoms with Crippen LogP contribution in [0.3, 0.4) is 0 Å². The lowest BCUT2D eigenvalue weighted by molar-refractivity contribution is 0.0472. The highest BCUT2D eigenvalue weighted by Gasteiger charge is 2.28. The van der Waals surface area contributed by atoms with Crippen LogP contribution in [0, 0.1) is 24.4 Å². The average molecular weight is 498 g/mol. The lowest BCUT2D eigenvalue weighted by Crippen LogP contribution is -2.16. The number of esters is 1. The molecule has 0 saturated carbocycles. The van der Waals surface area contributed by atoms with Gasteiger partial charge in [0.2, 0.25) is 0 Å². The molecule has 1 aliphatic rings. The molecule has 4 rings (SSSR count). The second kappa shape index (κ2) is 8.27. The minimum Gasteiger partial charge on any atom is -0.494 e. The Kier molecular flexibility index (Phi) is 5.75. The number of carbonyl (C=O) groups excluding carboxylic acids is 1.